The second-order valence-electron chi connectivity index (χ2n) is 5.79. The van der Waals surface area contributed by atoms with Gasteiger partial charge in [-0.2, -0.15) is 0 Å². The normalized spacial score (nSPS) is 12.7. The van der Waals surface area contributed by atoms with Crippen LogP contribution in [-0.4, -0.2) is 17.9 Å². The molecule has 1 rings (SSSR count). The fourth-order valence-corrected chi connectivity index (χ4v) is 1.91. The number of rotatable bonds is 4. The lowest BCUT2D eigenvalue weighted by Crippen LogP contribution is -2.48. The molecule has 0 bridgehead atoms. The van der Waals surface area contributed by atoms with E-state index in [1.54, 1.807) is 6.92 Å². The maximum absolute atomic E-state index is 11.9. The zero-order valence-electron chi connectivity index (χ0n) is 12.3. The van der Waals surface area contributed by atoms with Crippen LogP contribution in [0.1, 0.15) is 33.3 Å². The molecule has 5 heteroatoms. The molecule has 0 spiro atoms. The van der Waals surface area contributed by atoms with Crippen molar-refractivity contribution in [1.29, 1.82) is 0 Å². The Morgan fingerprint density at radius 1 is 1.30 bits per heavy atom. The standard InChI is InChI=1S/C15H21BrN2O2/c1-10(18-14(20)15(2,3)4)13(19)17-9-11-6-5-7-12(16)8-11/h5-8,10H,9H2,1-4H3,(H,17,19)(H,18,20). The Hall–Kier alpha value is -1.36. The van der Waals surface area contributed by atoms with Crippen molar-refractivity contribution in [1.82, 2.24) is 10.6 Å². The summed E-state index contributed by atoms with van der Waals surface area (Å²) in [5.74, 6) is -0.329. The summed E-state index contributed by atoms with van der Waals surface area (Å²) >= 11 is 3.38. The van der Waals surface area contributed by atoms with Crippen molar-refractivity contribution in [3.8, 4) is 0 Å². The molecule has 0 radical (unpaired) electrons. The summed E-state index contributed by atoms with van der Waals surface area (Å²) in [5.41, 5.74) is 0.501. The average molecular weight is 341 g/mol. The first-order chi connectivity index (χ1) is 9.20. The molecule has 0 heterocycles. The predicted octanol–water partition coefficient (Wildman–Crippen LogP) is 2.62. The Labute approximate surface area is 128 Å². The molecular formula is C15H21BrN2O2. The van der Waals surface area contributed by atoms with Crippen LogP contribution >= 0.6 is 15.9 Å². The van der Waals surface area contributed by atoms with E-state index in [9.17, 15) is 9.59 Å². The van der Waals surface area contributed by atoms with E-state index in [4.69, 9.17) is 0 Å². The van der Waals surface area contributed by atoms with Gasteiger partial charge in [-0.25, -0.2) is 0 Å². The van der Waals surface area contributed by atoms with E-state index in [0.29, 0.717) is 6.54 Å². The van der Waals surface area contributed by atoms with Gasteiger partial charge in [0.2, 0.25) is 11.8 Å². The van der Waals surface area contributed by atoms with E-state index < -0.39 is 11.5 Å². The second-order valence-corrected chi connectivity index (χ2v) is 6.71. The van der Waals surface area contributed by atoms with E-state index in [0.717, 1.165) is 10.0 Å². The molecule has 2 N–H and O–H groups in total. The van der Waals surface area contributed by atoms with Gasteiger partial charge >= 0.3 is 0 Å². The number of hydrogen-bond acceptors (Lipinski definition) is 2. The van der Waals surface area contributed by atoms with E-state index in [1.807, 2.05) is 45.0 Å². The Bertz CT molecular complexity index is 495. The SMILES string of the molecule is CC(NC(=O)C(C)(C)C)C(=O)NCc1cccc(Br)c1. The summed E-state index contributed by atoms with van der Waals surface area (Å²) in [4.78, 5) is 23.7. The van der Waals surface area contributed by atoms with Crippen LogP contribution in [-0.2, 0) is 16.1 Å². The molecule has 0 fully saturated rings. The minimum atomic E-state index is -0.547. The Morgan fingerprint density at radius 2 is 1.95 bits per heavy atom. The van der Waals surface area contributed by atoms with Crippen molar-refractivity contribution < 1.29 is 9.59 Å². The predicted molar refractivity (Wildman–Crippen MR) is 83.0 cm³/mol. The average Bonchev–Trinajstić information content (AvgIpc) is 2.34. The summed E-state index contributed by atoms with van der Waals surface area (Å²) in [6.07, 6.45) is 0. The van der Waals surface area contributed by atoms with E-state index in [-0.39, 0.29) is 11.8 Å². The fraction of sp³-hybridized carbons (Fsp3) is 0.467. The summed E-state index contributed by atoms with van der Waals surface area (Å²) in [6, 6.07) is 7.17. The molecule has 0 saturated carbocycles. The van der Waals surface area contributed by atoms with E-state index >= 15 is 0 Å². The smallest absolute Gasteiger partial charge is 0.242 e. The van der Waals surface area contributed by atoms with Gasteiger partial charge in [0.25, 0.3) is 0 Å². The Balaban J connectivity index is 2.48. The number of halogens is 1. The number of carbonyl (C=O) groups excluding carboxylic acids is 2. The van der Waals surface area contributed by atoms with Crippen LogP contribution < -0.4 is 10.6 Å². The van der Waals surface area contributed by atoms with Gasteiger partial charge in [0, 0.05) is 16.4 Å². The monoisotopic (exact) mass is 340 g/mol. The highest BCUT2D eigenvalue weighted by Gasteiger charge is 2.24. The lowest BCUT2D eigenvalue weighted by molar-refractivity contribution is -0.133. The Morgan fingerprint density at radius 3 is 2.50 bits per heavy atom. The fourth-order valence-electron chi connectivity index (χ4n) is 1.47. The second kappa shape index (κ2) is 6.88. The molecular weight excluding hydrogens is 320 g/mol. The molecule has 0 aliphatic heterocycles. The molecule has 1 atom stereocenters. The van der Waals surface area contributed by atoms with Gasteiger partial charge in [-0.15, -0.1) is 0 Å². The van der Waals surface area contributed by atoms with Crippen molar-refractivity contribution in [2.45, 2.75) is 40.3 Å². The zero-order chi connectivity index (χ0) is 15.3. The summed E-state index contributed by atoms with van der Waals surface area (Å²) in [5, 5.41) is 5.52. The van der Waals surface area contributed by atoms with Crippen LogP contribution in [0.25, 0.3) is 0 Å². The van der Waals surface area contributed by atoms with Crippen LogP contribution in [0.15, 0.2) is 28.7 Å². The highest BCUT2D eigenvalue weighted by molar-refractivity contribution is 9.10. The molecule has 0 aliphatic carbocycles. The molecule has 2 amide bonds. The molecule has 1 unspecified atom stereocenters. The van der Waals surface area contributed by atoms with Gasteiger partial charge in [-0.05, 0) is 24.6 Å². The third kappa shape index (κ3) is 5.33. The van der Waals surface area contributed by atoms with Crippen molar-refractivity contribution in [2.75, 3.05) is 0 Å². The molecule has 0 aliphatic rings. The molecule has 110 valence electrons. The van der Waals surface area contributed by atoms with Crippen LogP contribution in [0.3, 0.4) is 0 Å². The lowest BCUT2D eigenvalue weighted by atomic mass is 9.95. The first-order valence-corrected chi connectivity index (χ1v) is 7.32. The molecule has 20 heavy (non-hydrogen) atoms. The summed E-state index contributed by atoms with van der Waals surface area (Å²) < 4.78 is 0.971. The third-order valence-corrected chi connectivity index (χ3v) is 3.27. The van der Waals surface area contributed by atoms with Crippen LogP contribution in [0, 0.1) is 5.41 Å². The minimum absolute atomic E-state index is 0.136. The highest BCUT2D eigenvalue weighted by Crippen LogP contribution is 2.13. The van der Waals surface area contributed by atoms with Gasteiger partial charge in [-0.1, -0.05) is 48.8 Å². The van der Waals surface area contributed by atoms with Crippen molar-refractivity contribution in [3.05, 3.63) is 34.3 Å². The number of amides is 2. The number of benzene rings is 1. The van der Waals surface area contributed by atoms with Crippen LogP contribution in [0.4, 0.5) is 0 Å². The maximum Gasteiger partial charge on any atom is 0.242 e. The number of carbonyl (C=O) groups is 2. The van der Waals surface area contributed by atoms with Crippen molar-refractivity contribution in [3.63, 3.8) is 0 Å². The molecule has 0 saturated heterocycles. The summed E-state index contributed by atoms with van der Waals surface area (Å²) in [6.45, 7) is 7.56. The minimum Gasteiger partial charge on any atom is -0.350 e. The molecule has 0 aromatic heterocycles. The first kappa shape index (κ1) is 16.7. The summed E-state index contributed by atoms with van der Waals surface area (Å²) in [7, 11) is 0. The highest BCUT2D eigenvalue weighted by atomic mass is 79.9. The quantitative estimate of drug-likeness (QED) is 0.885. The van der Waals surface area contributed by atoms with E-state index in [1.165, 1.54) is 0 Å². The zero-order valence-corrected chi connectivity index (χ0v) is 13.9. The van der Waals surface area contributed by atoms with Gasteiger partial charge in [0.1, 0.15) is 6.04 Å². The molecule has 1 aromatic carbocycles. The van der Waals surface area contributed by atoms with E-state index in [2.05, 4.69) is 26.6 Å². The molecule has 4 nitrogen and oxygen atoms in total. The topological polar surface area (TPSA) is 58.2 Å². The van der Waals surface area contributed by atoms with Crippen molar-refractivity contribution in [2.24, 2.45) is 5.41 Å². The first-order valence-electron chi connectivity index (χ1n) is 6.53. The lowest BCUT2D eigenvalue weighted by Gasteiger charge is -2.21. The van der Waals surface area contributed by atoms with Gasteiger partial charge in [0.15, 0.2) is 0 Å². The van der Waals surface area contributed by atoms with Crippen LogP contribution in [0.5, 0.6) is 0 Å². The van der Waals surface area contributed by atoms with Gasteiger partial charge < -0.3 is 10.6 Å². The van der Waals surface area contributed by atoms with Crippen LogP contribution in [0.2, 0.25) is 0 Å². The maximum atomic E-state index is 11.9. The third-order valence-electron chi connectivity index (χ3n) is 2.78. The molecule has 1 aromatic rings. The van der Waals surface area contributed by atoms with Gasteiger partial charge in [-0.3, -0.25) is 9.59 Å². The van der Waals surface area contributed by atoms with Crippen molar-refractivity contribution >= 4 is 27.7 Å². The number of hydrogen-bond donors (Lipinski definition) is 2. The largest absolute Gasteiger partial charge is 0.350 e. The van der Waals surface area contributed by atoms with Gasteiger partial charge in [0.05, 0.1) is 0 Å². The number of nitrogens with one attached hydrogen (secondary N) is 2. The Kier molecular flexibility index (Phi) is 5.74.